The molecule has 2 fully saturated rings. The number of aryl methyl sites for hydroxylation is 1. The number of carbonyl (C=O) groups excluding carboxylic acids is 2. The molecule has 268 valence electrons. The number of nitrogens with zero attached hydrogens (tertiary/aromatic N) is 5. The van der Waals surface area contributed by atoms with E-state index >= 15 is 4.79 Å². The number of methoxy groups -OCH3 is 1. The summed E-state index contributed by atoms with van der Waals surface area (Å²) in [4.78, 5) is 31.5. The van der Waals surface area contributed by atoms with E-state index in [1.165, 1.54) is 5.19 Å². The fourth-order valence-electron chi connectivity index (χ4n) is 8.69. The highest BCUT2D eigenvalue weighted by atomic mass is 79.9. The van der Waals surface area contributed by atoms with Crippen LogP contribution in [0.1, 0.15) is 49.4 Å². The molecule has 3 aromatic carbocycles. The van der Waals surface area contributed by atoms with E-state index in [-0.39, 0.29) is 36.0 Å². The van der Waals surface area contributed by atoms with Gasteiger partial charge in [-0.05, 0) is 72.8 Å². The molecule has 12 heteroatoms. The molecule has 1 aromatic heterocycles. The summed E-state index contributed by atoms with van der Waals surface area (Å²) in [5.74, 6) is 0.798. The first-order valence-electron chi connectivity index (χ1n) is 17.9. The number of rotatable bonds is 11. The van der Waals surface area contributed by atoms with Gasteiger partial charge in [0, 0.05) is 60.4 Å². The average Bonchev–Trinajstić information content (AvgIpc) is 3.78. The van der Waals surface area contributed by atoms with Gasteiger partial charge in [-0.1, -0.05) is 70.6 Å². The second-order valence-electron chi connectivity index (χ2n) is 14.6. The Labute approximate surface area is 308 Å². The molecule has 0 aliphatic carbocycles. The van der Waals surface area contributed by atoms with Crippen LogP contribution in [0.4, 0.5) is 11.4 Å². The van der Waals surface area contributed by atoms with Gasteiger partial charge in [0.05, 0.1) is 39.2 Å². The Morgan fingerprint density at radius 1 is 1.06 bits per heavy atom. The van der Waals surface area contributed by atoms with Crippen molar-refractivity contribution >= 4 is 52.4 Å². The third-order valence-corrected chi connectivity index (χ3v) is 16.2. The van der Waals surface area contributed by atoms with Crippen LogP contribution in [0.15, 0.2) is 77.4 Å². The highest BCUT2D eigenvalue weighted by molar-refractivity contribution is 9.10. The minimum absolute atomic E-state index is 0.0179. The third-order valence-electron chi connectivity index (χ3n) is 11.3. The van der Waals surface area contributed by atoms with Crippen LogP contribution >= 0.6 is 15.9 Å². The molecule has 1 spiro atoms. The predicted molar refractivity (Wildman–Crippen MR) is 203 cm³/mol. The third kappa shape index (κ3) is 6.45. The largest absolute Gasteiger partial charge is 0.497 e. The van der Waals surface area contributed by atoms with E-state index in [4.69, 9.17) is 9.47 Å². The number of aliphatic hydroxyl groups excluding tert-OH is 1. The second-order valence-corrected chi connectivity index (χ2v) is 20.2. The summed E-state index contributed by atoms with van der Waals surface area (Å²) in [5.41, 5.74) is 3.30. The zero-order chi connectivity index (χ0) is 35.9. The number of amides is 2. The smallest absolute Gasteiger partial charge is 0.264 e. The number of anilines is 2. The van der Waals surface area contributed by atoms with Gasteiger partial charge in [0.15, 0.2) is 5.60 Å². The zero-order valence-electron chi connectivity index (χ0n) is 29.7. The van der Waals surface area contributed by atoms with E-state index in [0.717, 1.165) is 57.8 Å². The number of aliphatic hydroxyl groups is 1. The molecule has 0 saturated carbocycles. The Morgan fingerprint density at radius 2 is 1.82 bits per heavy atom. The maximum Gasteiger partial charge on any atom is 0.264 e. The molecule has 4 heterocycles. The zero-order valence-corrected chi connectivity index (χ0v) is 32.3. The Hall–Kier alpha value is -3.84. The molecule has 2 amide bonds. The fourth-order valence-corrected chi connectivity index (χ4v) is 13.1. The van der Waals surface area contributed by atoms with E-state index in [1.54, 1.807) is 7.11 Å². The lowest BCUT2D eigenvalue weighted by Gasteiger charge is -2.37. The molecule has 4 aromatic rings. The normalized spacial score (nSPS) is 23.4. The van der Waals surface area contributed by atoms with Crippen LogP contribution in [0, 0.1) is 5.92 Å². The molecule has 51 heavy (non-hydrogen) atoms. The summed E-state index contributed by atoms with van der Waals surface area (Å²) in [7, 11) is -0.632. The van der Waals surface area contributed by atoms with Crippen molar-refractivity contribution in [2.45, 2.75) is 82.5 Å². The minimum Gasteiger partial charge on any atom is -0.497 e. The van der Waals surface area contributed by atoms with Crippen LogP contribution in [0.3, 0.4) is 0 Å². The lowest BCUT2D eigenvalue weighted by molar-refractivity contribution is -0.146. The van der Waals surface area contributed by atoms with Crippen LogP contribution in [-0.4, -0.2) is 66.4 Å². The SMILES string of the molecule is COc1ccc([Si](C)(C)[C@@H]2[C@@H](CCn3cc(CCO)nn3)O[C@]3(C(=O)N(Cc4ccc(N5CCCCC5=O)cc4)c4ccc(Br)cc43)[C@H]2C)cc1. The Morgan fingerprint density at radius 3 is 2.53 bits per heavy atom. The topological polar surface area (TPSA) is 110 Å². The first-order chi connectivity index (χ1) is 24.6. The molecule has 3 aliphatic heterocycles. The quantitative estimate of drug-likeness (QED) is 0.188. The summed E-state index contributed by atoms with van der Waals surface area (Å²) >= 11 is 3.71. The van der Waals surface area contributed by atoms with Crippen molar-refractivity contribution in [3.63, 3.8) is 0 Å². The first-order valence-corrected chi connectivity index (χ1v) is 21.8. The molecule has 2 saturated heterocycles. The van der Waals surface area contributed by atoms with Crippen LogP contribution in [0.2, 0.25) is 18.6 Å². The van der Waals surface area contributed by atoms with Crippen molar-refractivity contribution in [2.75, 3.05) is 30.1 Å². The maximum atomic E-state index is 15.1. The summed E-state index contributed by atoms with van der Waals surface area (Å²) in [6, 6.07) is 22.5. The number of fused-ring (bicyclic) bond motifs is 2. The number of ether oxygens (including phenoxy) is 2. The molecule has 3 aliphatic rings. The Kier molecular flexibility index (Phi) is 9.96. The number of piperidine rings is 1. The molecule has 10 nitrogen and oxygen atoms in total. The van der Waals surface area contributed by atoms with Crippen molar-refractivity contribution in [3.8, 4) is 5.75 Å². The predicted octanol–water partition coefficient (Wildman–Crippen LogP) is 5.95. The van der Waals surface area contributed by atoms with E-state index in [9.17, 15) is 9.90 Å². The molecule has 0 unspecified atom stereocenters. The highest BCUT2D eigenvalue weighted by Crippen LogP contribution is 2.60. The van der Waals surface area contributed by atoms with E-state index in [0.29, 0.717) is 32.4 Å². The molecule has 1 N–H and O–H groups in total. The molecule has 0 bridgehead atoms. The van der Waals surface area contributed by atoms with Crippen molar-refractivity contribution < 1.29 is 24.2 Å². The number of aromatic nitrogens is 3. The monoisotopic (exact) mass is 771 g/mol. The number of hydrogen-bond donors (Lipinski definition) is 1. The Balaban J connectivity index is 1.24. The fraction of sp³-hybridized carbons (Fsp3) is 0.436. The molecular weight excluding hydrogens is 726 g/mol. The first kappa shape index (κ1) is 35.6. The van der Waals surface area contributed by atoms with Crippen LogP contribution < -0.4 is 19.7 Å². The number of carbonyl (C=O) groups is 2. The standard InChI is InChI=1S/C39H46BrN5O5Si/c1-26-37(51(3,4)32-15-13-31(49-2)14-16-32)35(18-21-43-25-29(19-22-46)41-42-43)50-39(26)33-23-28(40)10-17-34(33)45(38(39)48)24-27-8-11-30(12-9-27)44-20-6-5-7-36(44)47/h8-17,23,25-26,35,37,46H,5-7,18-22,24H2,1-4H3/t26-,35+,37-,39+/m0/s1. The number of hydrogen-bond acceptors (Lipinski definition) is 7. The molecule has 0 radical (unpaired) electrons. The highest BCUT2D eigenvalue weighted by Gasteiger charge is 2.66. The van der Waals surface area contributed by atoms with Gasteiger partial charge in [0.25, 0.3) is 5.91 Å². The van der Waals surface area contributed by atoms with E-state index < -0.39 is 13.7 Å². The van der Waals surface area contributed by atoms with Gasteiger partial charge in [-0.2, -0.15) is 0 Å². The number of halogens is 1. The summed E-state index contributed by atoms with van der Waals surface area (Å²) in [6.45, 7) is 8.69. The molecule has 4 atom stereocenters. The van der Waals surface area contributed by atoms with Crippen molar-refractivity contribution in [3.05, 3.63) is 94.2 Å². The molecule has 7 rings (SSSR count). The van der Waals surface area contributed by atoms with Crippen LogP contribution in [-0.2, 0) is 39.4 Å². The maximum absolute atomic E-state index is 15.1. The van der Waals surface area contributed by atoms with E-state index in [2.05, 4.69) is 64.5 Å². The summed E-state index contributed by atoms with van der Waals surface area (Å²) in [5, 5.41) is 19.2. The van der Waals surface area contributed by atoms with Crippen molar-refractivity contribution in [1.82, 2.24) is 15.0 Å². The lowest BCUT2D eigenvalue weighted by Crippen LogP contribution is -2.51. The summed E-state index contributed by atoms with van der Waals surface area (Å²) < 4.78 is 15.5. The van der Waals surface area contributed by atoms with Crippen LogP contribution in [0.5, 0.6) is 5.75 Å². The van der Waals surface area contributed by atoms with Gasteiger partial charge in [-0.15, -0.1) is 5.10 Å². The van der Waals surface area contributed by atoms with Gasteiger partial charge in [0.1, 0.15) is 5.75 Å². The van der Waals surface area contributed by atoms with Crippen LogP contribution in [0.25, 0.3) is 0 Å². The van der Waals surface area contributed by atoms with Gasteiger partial charge in [-0.25, -0.2) is 0 Å². The van der Waals surface area contributed by atoms with Crippen molar-refractivity contribution in [1.29, 1.82) is 0 Å². The van der Waals surface area contributed by atoms with Crippen molar-refractivity contribution in [2.24, 2.45) is 5.92 Å². The molecular formula is C39H46BrN5O5Si. The number of benzene rings is 3. The summed E-state index contributed by atoms with van der Waals surface area (Å²) in [6.07, 6.45) is 5.29. The van der Waals surface area contributed by atoms with E-state index in [1.807, 2.05) is 69.2 Å². The van der Waals surface area contributed by atoms with Gasteiger partial charge in [0.2, 0.25) is 5.91 Å². The van der Waals surface area contributed by atoms with Gasteiger partial charge >= 0.3 is 0 Å². The second kappa shape index (κ2) is 14.3. The lowest BCUT2D eigenvalue weighted by atomic mass is 9.82. The van der Waals surface area contributed by atoms with Gasteiger partial charge < -0.3 is 24.4 Å². The van der Waals surface area contributed by atoms with Gasteiger partial charge in [-0.3, -0.25) is 14.3 Å². The average molecular weight is 773 g/mol. The Bertz CT molecular complexity index is 1900. The minimum atomic E-state index is -2.31.